The number of para-hydroxylation sites is 1. The first kappa shape index (κ1) is 20.2. The molecule has 3 aromatic heterocycles. The van der Waals surface area contributed by atoms with Crippen LogP contribution < -0.4 is 10.6 Å². The highest BCUT2D eigenvalue weighted by molar-refractivity contribution is 7.22. The van der Waals surface area contributed by atoms with Crippen molar-refractivity contribution >= 4 is 65.8 Å². The van der Waals surface area contributed by atoms with Crippen LogP contribution in [-0.2, 0) is 9.53 Å². The molecule has 0 unspecified atom stereocenters. The molecule has 154 valence electrons. The molecule has 0 fully saturated rings. The molecule has 0 saturated carbocycles. The van der Waals surface area contributed by atoms with Crippen molar-refractivity contribution in [2.45, 2.75) is 20.8 Å². The van der Waals surface area contributed by atoms with E-state index in [4.69, 9.17) is 10.5 Å². The van der Waals surface area contributed by atoms with Crippen molar-refractivity contribution in [3.05, 3.63) is 40.7 Å². The highest BCUT2D eigenvalue weighted by Crippen LogP contribution is 2.34. The summed E-state index contributed by atoms with van der Waals surface area (Å²) in [7, 11) is 0. The summed E-state index contributed by atoms with van der Waals surface area (Å²) in [5.74, 6) is -0.400. The van der Waals surface area contributed by atoms with Gasteiger partial charge in [-0.3, -0.25) is 9.69 Å². The molecule has 0 aliphatic rings. The van der Waals surface area contributed by atoms with Crippen LogP contribution in [0.15, 0.2) is 24.3 Å². The number of hydrogen-bond acceptors (Lipinski definition) is 9. The zero-order valence-electron chi connectivity index (χ0n) is 16.6. The molecule has 1 aromatic carbocycles. The number of nitrogens with zero attached hydrogens (tertiary/aromatic N) is 4. The quantitative estimate of drug-likeness (QED) is 0.470. The second kappa shape index (κ2) is 7.96. The number of carbonyl (C=O) groups is 2. The predicted octanol–water partition coefficient (Wildman–Crippen LogP) is 3.71. The van der Waals surface area contributed by atoms with E-state index in [1.807, 2.05) is 38.1 Å². The first-order valence-electron chi connectivity index (χ1n) is 9.25. The molecule has 0 aliphatic carbocycles. The molecule has 4 aromatic rings. The molecule has 2 N–H and O–H groups in total. The van der Waals surface area contributed by atoms with Crippen molar-refractivity contribution in [1.29, 1.82) is 0 Å². The lowest BCUT2D eigenvalue weighted by molar-refractivity contribution is -0.121. The molecule has 1 amide bonds. The average molecular weight is 442 g/mol. The minimum Gasteiger partial charge on any atom is -0.451 e. The van der Waals surface area contributed by atoms with Gasteiger partial charge in [-0.2, -0.15) is 0 Å². The van der Waals surface area contributed by atoms with E-state index in [-0.39, 0.29) is 16.5 Å². The summed E-state index contributed by atoms with van der Waals surface area (Å²) < 4.78 is 6.26. The summed E-state index contributed by atoms with van der Waals surface area (Å²) >= 11 is 2.56. The summed E-state index contributed by atoms with van der Waals surface area (Å²) in [6.07, 6.45) is 0. The number of fused-ring (bicyclic) bond motifs is 2. The summed E-state index contributed by atoms with van der Waals surface area (Å²) in [5.41, 5.74) is 7.95. The van der Waals surface area contributed by atoms with E-state index in [0.717, 1.165) is 21.6 Å². The van der Waals surface area contributed by atoms with Crippen molar-refractivity contribution < 1.29 is 14.3 Å². The molecule has 0 radical (unpaired) electrons. The van der Waals surface area contributed by atoms with E-state index in [0.29, 0.717) is 33.4 Å². The zero-order valence-corrected chi connectivity index (χ0v) is 18.3. The largest absolute Gasteiger partial charge is 0.451 e. The third-order valence-corrected chi connectivity index (χ3v) is 6.66. The van der Waals surface area contributed by atoms with Crippen LogP contribution in [0.1, 0.15) is 28.1 Å². The Kier molecular flexibility index (Phi) is 5.35. The van der Waals surface area contributed by atoms with E-state index >= 15 is 0 Å². The van der Waals surface area contributed by atoms with Crippen molar-refractivity contribution in [1.82, 2.24) is 15.0 Å². The third kappa shape index (κ3) is 3.59. The van der Waals surface area contributed by atoms with Gasteiger partial charge in [0.25, 0.3) is 5.91 Å². The van der Waals surface area contributed by atoms with Crippen LogP contribution in [0.3, 0.4) is 0 Å². The topological polar surface area (TPSA) is 111 Å². The molecule has 0 aliphatic heterocycles. The van der Waals surface area contributed by atoms with Gasteiger partial charge < -0.3 is 10.5 Å². The lowest BCUT2D eigenvalue weighted by Gasteiger charge is -2.17. The Hall–Kier alpha value is -3.11. The summed E-state index contributed by atoms with van der Waals surface area (Å²) in [6.45, 7) is 5.45. The molecular weight excluding hydrogens is 422 g/mol. The number of benzene rings is 1. The number of anilines is 2. The first-order valence-corrected chi connectivity index (χ1v) is 10.9. The SMILES string of the molecule is CCN(C(=O)COC(=O)c1sc2nc(C)nc(C)c2c1N)c1nc2ccccc2s1. The maximum atomic E-state index is 12.7. The number of rotatable bonds is 5. The number of thiazole rings is 1. The van der Waals surface area contributed by atoms with Gasteiger partial charge in [-0.15, -0.1) is 11.3 Å². The maximum absolute atomic E-state index is 12.7. The van der Waals surface area contributed by atoms with Gasteiger partial charge in [0.1, 0.15) is 15.5 Å². The zero-order chi connectivity index (χ0) is 21.4. The van der Waals surface area contributed by atoms with Gasteiger partial charge in [-0.1, -0.05) is 23.5 Å². The van der Waals surface area contributed by atoms with Crippen LogP contribution in [-0.4, -0.2) is 40.0 Å². The van der Waals surface area contributed by atoms with Crippen LogP contribution in [0.25, 0.3) is 20.4 Å². The monoisotopic (exact) mass is 441 g/mol. The van der Waals surface area contributed by atoms with E-state index in [1.54, 1.807) is 6.92 Å². The highest BCUT2D eigenvalue weighted by Gasteiger charge is 2.24. The van der Waals surface area contributed by atoms with Crippen molar-refractivity contribution in [2.24, 2.45) is 0 Å². The Morgan fingerprint density at radius 1 is 1.13 bits per heavy atom. The minimum atomic E-state index is -0.652. The Morgan fingerprint density at radius 3 is 2.63 bits per heavy atom. The lowest BCUT2D eigenvalue weighted by atomic mass is 10.2. The van der Waals surface area contributed by atoms with Crippen molar-refractivity contribution in [2.75, 3.05) is 23.8 Å². The Labute approximate surface area is 180 Å². The number of likely N-dealkylation sites (N-methyl/N-ethyl adjacent to an activating group) is 1. The molecule has 0 bridgehead atoms. The molecule has 4 rings (SSSR count). The number of thiophene rings is 1. The number of nitrogen functional groups attached to an aromatic ring is 1. The van der Waals surface area contributed by atoms with Gasteiger partial charge in [-0.05, 0) is 32.9 Å². The van der Waals surface area contributed by atoms with Gasteiger partial charge in [0, 0.05) is 6.54 Å². The van der Waals surface area contributed by atoms with Crippen LogP contribution in [0, 0.1) is 13.8 Å². The van der Waals surface area contributed by atoms with E-state index in [9.17, 15) is 9.59 Å². The Bertz CT molecular complexity index is 1250. The predicted molar refractivity (Wildman–Crippen MR) is 119 cm³/mol. The van der Waals surface area contributed by atoms with E-state index in [1.165, 1.54) is 16.2 Å². The summed E-state index contributed by atoms with van der Waals surface area (Å²) in [4.78, 5) is 40.8. The number of nitrogens with two attached hydrogens (primary N) is 1. The van der Waals surface area contributed by atoms with Crippen molar-refractivity contribution in [3.8, 4) is 0 Å². The van der Waals surface area contributed by atoms with Gasteiger partial charge in [0.2, 0.25) is 0 Å². The van der Waals surface area contributed by atoms with Crippen LogP contribution in [0.4, 0.5) is 10.8 Å². The fourth-order valence-corrected chi connectivity index (χ4v) is 5.28. The lowest BCUT2D eigenvalue weighted by Crippen LogP contribution is -2.34. The van der Waals surface area contributed by atoms with Crippen LogP contribution in [0.5, 0.6) is 0 Å². The van der Waals surface area contributed by atoms with E-state index in [2.05, 4.69) is 15.0 Å². The molecule has 3 heterocycles. The number of hydrogen-bond donors (Lipinski definition) is 1. The third-order valence-electron chi connectivity index (χ3n) is 4.52. The maximum Gasteiger partial charge on any atom is 0.351 e. The first-order chi connectivity index (χ1) is 14.4. The standard InChI is InChI=1S/C20H19N5O3S2/c1-4-25(20-24-12-7-5-6-8-13(12)29-20)14(26)9-28-19(27)17-16(21)15-10(2)22-11(3)23-18(15)30-17/h5-8H,4,9,21H2,1-3H3. The van der Waals surface area contributed by atoms with Gasteiger partial charge in [0.05, 0.1) is 27.0 Å². The second-order valence-electron chi connectivity index (χ2n) is 6.56. The molecule has 0 spiro atoms. The van der Waals surface area contributed by atoms with Crippen LogP contribution >= 0.6 is 22.7 Å². The van der Waals surface area contributed by atoms with Gasteiger partial charge in [0.15, 0.2) is 11.7 Å². The van der Waals surface area contributed by atoms with Gasteiger partial charge >= 0.3 is 5.97 Å². The van der Waals surface area contributed by atoms with Crippen LogP contribution in [0.2, 0.25) is 0 Å². The fourth-order valence-electron chi connectivity index (χ4n) is 3.15. The second-order valence-corrected chi connectivity index (χ2v) is 8.57. The van der Waals surface area contributed by atoms with Crippen molar-refractivity contribution in [3.63, 3.8) is 0 Å². The number of aryl methyl sites for hydroxylation is 2. The number of ether oxygens (including phenoxy) is 1. The molecule has 30 heavy (non-hydrogen) atoms. The number of amides is 1. The number of aromatic nitrogens is 3. The fraction of sp³-hybridized carbons (Fsp3) is 0.250. The Morgan fingerprint density at radius 2 is 1.90 bits per heavy atom. The number of carbonyl (C=O) groups excluding carboxylic acids is 2. The highest BCUT2D eigenvalue weighted by atomic mass is 32.1. The number of esters is 1. The van der Waals surface area contributed by atoms with E-state index < -0.39 is 12.6 Å². The molecule has 0 atom stereocenters. The Balaban J connectivity index is 1.51. The average Bonchev–Trinajstić information content (AvgIpc) is 3.27. The molecule has 10 heteroatoms. The van der Waals surface area contributed by atoms with Gasteiger partial charge in [-0.25, -0.2) is 19.7 Å². The summed E-state index contributed by atoms with van der Waals surface area (Å²) in [5, 5.41) is 1.22. The molecule has 8 nitrogen and oxygen atoms in total. The molecular formula is C20H19N5O3S2. The minimum absolute atomic E-state index is 0.226. The smallest absolute Gasteiger partial charge is 0.351 e. The molecule has 0 saturated heterocycles. The normalized spacial score (nSPS) is 11.2. The summed E-state index contributed by atoms with van der Waals surface area (Å²) in [6, 6.07) is 7.66.